The lowest BCUT2D eigenvalue weighted by molar-refractivity contribution is -0.117. The lowest BCUT2D eigenvalue weighted by Gasteiger charge is -2.05. The molecule has 1 aromatic heterocycles. The predicted octanol–water partition coefficient (Wildman–Crippen LogP) is 3.64. The molecular weight excluding hydrogens is 308 g/mol. The Morgan fingerprint density at radius 3 is 2.74 bits per heavy atom. The van der Waals surface area contributed by atoms with E-state index in [1.54, 1.807) is 24.3 Å². The van der Waals surface area contributed by atoms with Crippen LogP contribution in [0, 0.1) is 25.2 Å². The van der Waals surface area contributed by atoms with Crippen LogP contribution in [0.4, 0.5) is 10.7 Å². The minimum absolute atomic E-state index is 0.0416. The minimum Gasteiger partial charge on any atom is -0.321 e. The number of hydrogen-bond donors (Lipinski definition) is 2. The normalized spacial score (nSPS) is 13.2. The molecule has 5 heteroatoms. The average molecular weight is 324 g/mol. The van der Waals surface area contributed by atoms with Crippen molar-refractivity contribution in [3.05, 3.63) is 46.3 Å². The van der Waals surface area contributed by atoms with E-state index in [1.165, 1.54) is 11.3 Å². The van der Waals surface area contributed by atoms with Crippen molar-refractivity contribution >= 4 is 33.8 Å². The zero-order chi connectivity index (χ0) is 16.4. The monoisotopic (exact) mass is 324 g/mol. The van der Waals surface area contributed by atoms with E-state index in [-0.39, 0.29) is 17.7 Å². The number of rotatable bonds is 4. The summed E-state index contributed by atoms with van der Waals surface area (Å²) in [5.74, 6) is 2.52. The van der Waals surface area contributed by atoms with Gasteiger partial charge in [-0.25, -0.2) is 0 Å². The molecule has 4 nitrogen and oxygen atoms in total. The van der Waals surface area contributed by atoms with E-state index in [9.17, 15) is 9.59 Å². The fourth-order valence-electron chi connectivity index (χ4n) is 2.21. The van der Waals surface area contributed by atoms with Crippen LogP contribution in [0.5, 0.6) is 0 Å². The van der Waals surface area contributed by atoms with Crippen LogP contribution in [-0.2, 0) is 4.79 Å². The summed E-state index contributed by atoms with van der Waals surface area (Å²) in [6.07, 6.45) is 7.27. The van der Waals surface area contributed by atoms with Gasteiger partial charge in [0.05, 0.1) is 9.88 Å². The highest BCUT2D eigenvalue weighted by atomic mass is 32.1. The highest BCUT2D eigenvalue weighted by Gasteiger charge is 2.30. The molecule has 0 radical (unpaired) electrons. The molecule has 1 fully saturated rings. The van der Waals surface area contributed by atoms with Crippen molar-refractivity contribution in [2.75, 3.05) is 10.6 Å². The standard InChI is InChI=1S/C18H16N2O2S/c1-3-12-5-4-6-14(10-12)19-18(22)16-11(2)9-15(23-16)20-17(21)13-7-8-13/h1,4-6,9-10,13H,7-8H2,2H3,(H,19,22)(H,20,21). The van der Waals surface area contributed by atoms with E-state index in [4.69, 9.17) is 6.42 Å². The first-order valence-electron chi connectivity index (χ1n) is 7.36. The summed E-state index contributed by atoms with van der Waals surface area (Å²) in [7, 11) is 0. The fraction of sp³-hybridized carbons (Fsp3) is 0.222. The second-order valence-corrected chi connectivity index (χ2v) is 6.62. The number of anilines is 2. The average Bonchev–Trinajstić information content (AvgIpc) is 3.32. The number of terminal acetylenes is 1. The third kappa shape index (κ3) is 3.61. The van der Waals surface area contributed by atoms with Gasteiger partial charge in [-0.1, -0.05) is 12.0 Å². The second kappa shape index (κ2) is 6.27. The molecular formula is C18H16N2O2S. The highest BCUT2D eigenvalue weighted by Crippen LogP contribution is 2.33. The highest BCUT2D eigenvalue weighted by molar-refractivity contribution is 7.18. The number of aryl methyl sites for hydroxylation is 1. The van der Waals surface area contributed by atoms with Gasteiger partial charge in [-0.3, -0.25) is 9.59 Å². The number of carbonyl (C=O) groups excluding carboxylic acids is 2. The van der Waals surface area contributed by atoms with Crippen LogP contribution < -0.4 is 10.6 Å². The van der Waals surface area contributed by atoms with Crippen LogP contribution in [0.25, 0.3) is 0 Å². The maximum atomic E-state index is 12.4. The quantitative estimate of drug-likeness (QED) is 0.844. The Balaban J connectivity index is 1.72. The smallest absolute Gasteiger partial charge is 0.266 e. The number of hydrogen-bond acceptors (Lipinski definition) is 3. The number of benzene rings is 1. The zero-order valence-electron chi connectivity index (χ0n) is 12.7. The third-order valence-corrected chi connectivity index (χ3v) is 4.76. The number of nitrogens with one attached hydrogen (secondary N) is 2. The molecule has 1 aliphatic carbocycles. The number of carbonyl (C=O) groups is 2. The Kier molecular flexibility index (Phi) is 4.18. The summed E-state index contributed by atoms with van der Waals surface area (Å²) in [6, 6.07) is 8.97. The largest absolute Gasteiger partial charge is 0.321 e. The van der Waals surface area contributed by atoms with E-state index in [2.05, 4.69) is 16.6 Å². The van der Waals surface area contributed by atoms with E-state index in [0.29, 0.717) is 21.1 Å². The molecule has 1 saturated carbocycles. The summed E-state index contributed by atoms with van der Waals surface area (Å²) in [4.78, 5) is 24.8. The van der Waals surface area contributed by atoms with E-state index < -0.39 is 0 Å². The van der Waals surface area contributed by atoms with Crippen molar-refractivity contribution in [2.45, 2.75) is 19.8 Å². The topological polar surface area (TPSA) is 58.2 Å². The summed E-state index contributed by atoms with van der Waals surface area (Å²) in [5, 5.41) is 6.42. The van der Waals surface area contributed by atoms with Crippen molar-refractivity contribution < 1.29 is 9.59 Å². The fourth-order valence-corrected chi connectivity index (χ4v) is 3.18. The SMILES string of the molecule is C#Cc1cccc(NC(=O)c2sc(NC(=O)C3CC3)cc2C)c1. The van der Waals surface area contributed by atoms with Crippen LogP contribution in [-0.4, -0.2) is 11.8 Å². The molecule has 0 unspecified atom stereocenters. The van der Waals surface area contributed by atoms with Crippen molar-refractivity contribution in [2.24, 2.45) is 5.92 Å². The van der Waals surface area contributed by atoms with Gasteiger partial charge in [0.25, 0.3) is 5.91 Å². The molecule has 0 bridgehead atoms. The maximum absolute atomic E-state index is 12.4. The number of thiophene rings is 1. The third-order valence-electron chi connectivity index (χ3n) is 3.61. The molecule has 1 heterocycles. The van der Waals surface area contributed by atoms with Crippen LogP contribution in [0.15, 0.2) is 30.3 Å². The van der Waals surface area contributed by atoms with Gasteiger partial charge in [0.2, 0.25) is 5.91 Å². The van der Waals surface area contributed by atoms with Crippen molar-refractivity contribution in [1.82, 2.24) is 0 Å². The van der Waals surface area contributed by atoms with Crippen LogP contribution in [0.2, 0.25) is 0 Å². The van der Waals surface area contributed by atoms with E-state index >= 15 is 0 Å². The number of amides is 2. The Bertz CT molecular complexity index is 813. The van der Waals surface area contributed by atoms with Gasteiger partial charge in [0, 0.05) is 17.2 Å². The summed E-state index contributed by atoms with van der Waals surface area (Å²) >= 11 is 1.29. The van der Waals surface area contributed by atoms with Crippen molar-refractivity contribution in [3.63, 3.8) is 0 Å². The molecule has 1 aliphatic rings. The van der Waals surface area contributed by atoms with E-state index in [1.807, 2.05) is 13.0 Å². The Labute approximate surface area is 138 Å². The van der Waals surface area contributed by atoms with Crippen LogP contribution in [0.3, 0.4) is 0 Å². The molecule has 0 spiro atoms. The summed E-state index contributed by atoms with van der Waals surface area (Å²) < 4.78 is 0. The van der Waals surface area contributed by atoms with Crippen LogP contribution in [0.1, 0.15) is 33.6 Å². The first-order chi connectivity index (χ1) is 11.1. The molecule has 1 aromatic carbocycles. The second-order valence-electron chi connectivity index (χ2n) is 5.57. The van der Waals surface area contributed by atoms with Gasteiger partial charge in [0.1, 0.15) is 0 Å². The maximum Gasteiger partial charge on any atom is 0.266 e. The first kappa shape index (κ1) is 15.3. The summed E-state index contributed by atoms with van der Waals surface area (Å²) in [5.41, 5.74) is 2.21. The van der Waals surface area contributed by atoms with Crippen molar-refractivity contribution in [1.29, 1.82) is 0 Å². The molecule has 2 aromatic rings. The molecule has 3 rings (SSSR count). The minimum atomic E-state index is -0.200. The Hall–Kier alpha value is -2.58. The molecule has 0 atom stereocenters. The summed E-state index contributed by atoms with van der Waals surface area (Å²) in [6.45, 7) is 1.86. The molecule has 0 saturated heterocycles. The Morgan fingerprint density at radius 1 is 1.26 bits per heavy atom. The van der Waals surface area contributed by atoms with Crippen LogP contribution >= 0.6 is 11.3 Å². The lowest BCUT2D eigenvalue weighted by atomic mass is 10.2. The molecule has 23 heavy (non-hydrogen) atoms. The molecule has 116 valence electrons. The molecule has 2 N–H and O–H groups in total. The predicted molar refractivity (Wildman–Crippen MR) is 92.7 cm³/mol. The molecule has 0 aliphatic heterocycles. The van der Waals surface area contributed by atoms with Gasteiger partial charge in [0.15, 0.2) is 0 Å². The van der Waals surface area contributed by atoms with Gasteiger partial charge in [-0.15, -0.1) is 17.8 Å². The van der Waals surface area contributed by atoms with Gasteiger partial charge in [-0.2, -0.15) is 0 Å². The lowest BCUT2D eigenvalue weighted by Crippen LogP contribution is -2.12. The Morgan fingerprint density at radius 2 is 2.04 bits per heavy atom. The first-order valence-corrected chi connectivity index (χ1v) is 8.18. The van der Waals surface area contributed by atoms with Gasteiger partial charge in [-0.05, 0) is 49.6 Å². The van der Waals surface area contributed by atoms with Gasteiger partial charge < -0.3 is 10.6 Å². The molecule has 2 amide bonds. The van der Waals surface area contributed by atoms with E-state index in [0.717, 1.165) is 18.4 Å². The van der Waals surface area contributed by atoms with Gasteiger partial charge >= 0.3 is 0 Å². The zero-order valence-corrected chi connectivity index (χ0v) is 13.5. The van der Waals surface area contributed by atoms with Crippen molar-refractivity contribution in [3.8, 4) is 12.3 Å².